The fraction of sp³-hybridized carbons (Fsp3) is 0.375. The summed E-state index contributed by atoms with van der Waals surface area (Å²) < 4.78 is 6.82. The molecule has 7 nitrogen and oxygen atoms in total. The minimum Gasteiger partial charge on any atom is -0.497 e. The number of aliphatic hydroxyl groups is 1. The van der Waals surface area contributed by atoms with Crippen molar-refractivity contribution in [3.8, 4) is 5.75 Å². The first-order chi connectivity index (χ1) is 11.0. The Bertz CT molecular complexity index is 654. The standard InChI is InChI=1S/C16H22N4O3/c1-11(2)20-15(7-8-18-20)19-16(22)17-10-14(21)12-5-4-6-13(9-12)23-3/h4-9,11,14,21H,10H2,1-3H3,(H2,17,19,22). The Balaban J connectivity index is 1.89. The highest BCUT2D eigenvalue weighted by atomic mass is 16.5. The second kappa shape index (κ2) is 7.64. The van der Waals surface area contributed by atoms with E-state index < -0.39 is 12.1 Å². The maximum absolute atomic E-state index is 11.9. The predicted octanol–water partition coefficient (Wildman–Crippen LogP) is 2.33. The van der Waals surface area contributed by atoms with E-state index in [4.69, 9.17) is 4.74 Å². The van der Waals surface area contributed by atoms with Crippen LogP contribution in [-0.2, 0) is 0 Å². The summed E-state index contributed by atoms with van der Waals surface area (Å²) in [6, 6.07) is 8.57. The monoisotopic (exact) mass is 318 g/mol. The molecule has 0 aliphatic rings. The lowest BCUT2D eigenvalue weighted by Crippen LogP contribution is -2.33. The molecule has 124 valence electrons. The Morgan fingerprint density at radius 2 is 2.17 bits per heavy atom. The number of carbonyl (C=O) groups excluding carboxylic acids is 1. The van der Waals surface area contributed by atoms with Crippen LogP contribution in [0.15, 0.2) is 36.5 Å². The van der Waals surface area contributed by atoms with Crippen LogP contribution in [-0.4, -0.2) is 34.6 Å². The van der Waals surface area contributed by atoms with Gasteiger partial charge in [-0.1, -0.05) is 12.1 Å². The van der Waals surface area contributed by atoms with Crippen LogP contribution in [0.1, 0.15) is 31.6 Å². The van der Waals surface area contributed by atoms with Gasteiger partial charge in [0, 0.05) is 18.7 Å². The number of aliphatic hydroxyl groups excluding tert-OH is 1. The second-order valence-corrected chi connectivity index (χ2v) is 5.38. The Morgan fingerprint density at radius 1 is 1.39 bits per heavy atom. The van der Waals surface area contributed by atoms with Crippen LogP contribution < -0.4 is 15.4 Å². The van der Waals surface area contributed by atoms with E-state index in [1.54, 1.807) is 48.3 Å². The number of anilines is 1. The van der Waals surface area contributed by atoms with Crippen molar-refractivity contribution in [1.82, 2.24) is 15.1 Å². The van der Waals surface area contributed by atoms with Crippen molar-refractivity contribution in [3.05, 3.63) is 42.1 Å². The molecule has 0 radical (unpaired) electrons. The van der Waals surface area contributed by atoms with Gasteiger partial charge in [0.1, 0.15) is 11.6 Å². The van der Waals surface area contributed by atoms with E-state index in [9.17, 15) is 9.90 Å². The maximum atomic E-state index is 11.9. The summed E-state index contributed by atoms with van der Waals surface area (Å²) in [5.41, 5.74) is 0.678. The van der Waals surface area contributed by atoms with Crippen molar-refractivity contribution >= 4 is 11.8 Å². The van der Waals surface area contributed by atoms with Crippen molar-refractivity contribution < 1.29 is 14.6 Å². The molecule has 1 heterocycles. The number of aromatic nitrogens is 2. The van der Waals surface area contributed by atoms with E-state index in [2.05, 4.69) is 15.7 Å². The Kier molecular flexibility index (Phi) is 5.59. The van der Waals surface area contributed by atoms with Crippen LogP contribution >= 0.6 is 0 Å². The van der Waals surface area contributed by atoms with Gasteiger partial charge in [-0.3, -0.25) is 5.32 Å². The number of methoxy groups -OCH3 is 1. The SMILES string of the molecule is COc1cccc(C(O)CNC(=O)Nc2ccnn2C(C)C)c1. The average molecular weight is 318 g/mol. The van der Waals surface area contributed by atoms with E-state index >= 15 is 0 Å². The number of nitrogens with one attached hydrogen (secondary N) is 2. The number of urea groups is 1. The molecule has 1 atom stereocenters. The first-order valence-corrected chi connectivity index (χ1v) is 7.41. The number of hydrogen-bond acceptors (Lipinski definition) is 4. The molecule has 2 aromatic rings. The highest BCUT2D eigenvalue weighted by Crippen LogP contribution is 2.18. The molecule has 0 aliphatic heterocycles. The maximum Gasteiger partial charge on any atom is 0.320 e. The third-order valence-corrected chi connectivity index (χ3v) is 3.34. The zero-order chi connectivity index (χ0) is 16.8. The van der Waals surface area contributed by atoms with E-state index in [1.165, 1.54) is 0 Å². The van der Waals surface area contributed by atoms with Crippen molar-refractivity contribution in [2.45, 2.75) is 26.0 Å². The normalized spacial score (nSPS) is 12.0. The summed E-state index contributed by atoms with van der Waals surface area (Å²) >= 11 is 0. The number of carbonyl (C=O) groups is 1. The Morgan fingerprint density at radius 3 is 2.87 bits per heavy atom. The highest BCUT2D eigenvalue weighted by Gasteiger charge is 2.12. The molecule has 0 aliphatic carbocycles. The molecule has 2 rings (SSSR count). The molecule has 1 unspecified atom stereocenters. The van der Waals surface area contributed by atoms with E-state index in [0.29, 0.717) is 17.1 Å². The van der Waals surface area contributed by atoms with Gasteiger partial charge < -0.3 is 15.2 Å². The first kappa shape index (κ1) is 16.8. The fourth-order valence-electron chi connectivity index (χ4n) is 2.14. The number of rotatable bonds is 6. The molecule has 0 fully saturated rings. The molecule has 2 amide bonds. The van der Waals surface area contributed by atoms with Gasteiger partial charge in [-0.05, 0) is 31.5 Å². The fourth-order valence-corrected chi connectivity index (χ4v) is 2.14. The van der Waals surface area contributed by atoms with Crippen LogP contribution in [0, 0.1) is 0 Å². The molecule has 0 saturated heterocycles. The predicted molar refractivity (Wildman–Crippen MR) is 87.6 cm³/mol. The minimum atomic E-state index is -0.814. The van der Waals surface area contributed by atoms with Crippen LogP contribution in [0.25, 0.3) is 0 Å². The van der Waals surface area contributed by atoms with E-state index in [-0.39, 0.29) is 12.6 Å². The molecule has 0 saturated carbocycles. The topological polar surface area (TPSA) is 88.4 Å². The molecule has 7 heteroatoms. The number of ether oxygens (including phenoxy) is 1. The summed E-state index contributed by atoms with van der Waals surface area (Å²) in [5, 5.41) is 19.6. The Labute approximate surface area is 135 Å². The van der Waals surface area contributed by atoms with Crippen LogP contribution in [0.2, 0.25) is 0 Å². The van der Waals surface area contributed by atoms with Gasteiger partial charge >= 0.3 is 6.03 Å². The lowest BCUT2D eigenvalue weighted by molar-refractivity contribution is 0.174. The summed E-state index contributed by atoms with van der Waals surface area (Å²) in [7, 11) is 1.56. The van der Waals surface area contributed by atoms with Crippen molar-refractivity contribution in [3.63, 3.8) is 0 Å². The highest BCUT2D eigenvalue weighted by molar-refractivity contribution is 5.88. The number of nitrogens with zero attached hydrogens (tertiary/aromatic N) is 2. The molecule has 0 spiro atoms. The summed E-state index contributed by atoms with van der Waals surface area (Å²) in [6.07, 6.45) is 0.812. The van der Waals surface area contributed by atoms with Gasteiger partial charge in [-0.25, -0.2) is 9.48 Å². The van der Waals surface area contributed by atoms with Crippen molar-refractivity contribution in [2.24, 2.45) is 0 Å². The average Bonchev–Trinajstić information content (AvgIpc) is 3.01. The molecule has 1 aromatic heterocycles. The van der Waals surface area contributed by atoms with E-state index in [1.807, 2.05) is 13.8 Å². The van der Waals surface area contributed by atoms with E-state index in [0.717, 1.165) is 0 Å². The quantitative estimate of drug-likeness (QED) is 0.762. The molecular weight excluding hydrogens is 296 g/mol. The van der Waals surface area contributed by atoms with Crippen LogP contribution in [0.4, 0.5) is 10.6 Å². The zero-order valence-electron chi connectivity index (χ0n) is 13.5. The lowest BCUT2D eigenvalue weighted by Gasteiger charge is -2.15. The molecule has 0 bridgehead atoms. The van der Waals surface area contributed by atoms with Crippen molar-refractivity contribution in [1.29, 1.82) is 0 Å². The second-order valence-electron chi connectivity index (χ2n) is 5.38. The smallest absolute Gasteiger partial charge is 0.320 e. The molecule has 3 N–H and O–H groups in total. The first-order valence-electron chi connectivity index (χ1n) is 7.41. The molecule has 23 heavy (non-hydrogen) atoms. The number of benzene rings is 1. The van der Waals surface area contributed by atoms with Crippen LogP contribution in [0.5, 0.6) is 5.75 Å². The van der Waals surface area contributed by atoms with Gasteiger partial charge in [-0.15, -0.1) is 0 Å². The third kappa shape index (κ3) is 4.46. The summed E-state index contributed by atoms with van der Waals surface area (Å²) in [5.74, 6) is 1.26. The van der Waals surface area contributed by atoms with Gasteiger partial charge in [0.15, 0.2) is 0 Å². The van der Waals surface area contributed by atoms with Crippen molar-refractivity contribution in [2.75, 3.05) is 19.0 Å². The Hall–Kier alpha value is -2.54. The summed E-state index contributed by atoms with van der Waals surface area (Å²) in [4.78, 5) is 11.9. The molecular formula is C16H22N4O3. The van der Waals surface area contributed by atoms with Crippen LogP contribution in [0.3, 0.4) is 0 Å². The minimum absolute atomic E-state index is 0.0921. The lowest BCUT2D eigenvalue weighted by atomic mass is 10.1. The third-order valence-electron chi connectivity index (χ3n) is 3.34. The van der Waals surface area contributed by atoms with Gasteiger partial charge in [-0.2, -0.15) is 5.10 Å². The van der Waals surface area contributed by atoms with Gasteiger partial charge in [0.2, 0.25) is 0 Å². The van der Waals surface area contributed by atoms with Gasteiger partial charge in [0.25, 0.3) is 0 Å². The number of hydrogen-bond donors (Lipinski definition) is 3. The number of amides is 2. The van der Waals surface area contributed by atoms with Gasteiger partial charge in [0.05, 0.1) is 19.4 Å². The largest absolute Gasteiger partial charge is 0.497 e. The summed E-state index contributed by atoms with van der Waals surface area (Å²) in [6.45, 7) is 4.04. The molecule has 1 aromatic carbocycles. The zero-order valence-corrected chi connectivity index (χ0v) is 13.5.